The summed E-state index contributed by atoms with van der Waals surface area (Å²) in [7, 11) is 0. The Bertz CT molecular complexity index is 1090. The number of benzene rings is 2. The van der Waals surface area contributed by atoms with E-state index in [9.17, 15) is 14.7 Å². The van der Waals surface area contributed by atoms with Gasteiger partial charge in [0.1, 0.15) is 23.9 Å². The first-order valence-electron chi connectivity index (χ1n) is 12.5. The predicted octanol–water partition coefficient (Wildman–Crippen LogP) is 4.80. The zero-order valence-electron chi connectivity index (χ0n) is 21.4. The summed E-state index contributed by atoms with van der Waals surface area (Å²) in [5.74, 6) is -0.242. The molecule has 7 heteroatoms. The lowest BCUT2D eigenvalue weighted by atomic mass is 9.95. The van der Waals surface area contributed by atoms with Gasteiger partial charge in [-0.3, -0.25) is 9.59 Å². The molecular formula is C29H36N2O5. The van der Waals surface area contributed by atoms with Crippen molar-refractivity contribution in [3.63, 3.8) is 0 Å². The van der Waals surface area contributed by atoms with Crippen molar-refractivity contribution in [1.29, 1.82) is 0 Å². The number of likely N-dealkylation sites (tertiary alicyclic amines) is 1. The quantitative estimate of drug-likeness (QED) is 0.187. The van der Waals surface area contributed by atoms with Gasteiger partial charge in [0.25, 0.3) is 11.7 Å². The Morgan fingerprint density at radius 1 is 1.06 bits per heavy atom. The van der Waals surface area contributed by atoms with Crippen LogP contribution < -0.4 is 9.47 Å². The van der Waals surface area contributed by atoms with Gasteiger partial charge in [0.2, 0.25) is 0 Å². The van der Waals surface area contributed by atoms with E-state index in [0.29, 0.717) is 48.9 Å². The molecule has 36 heavy (non-hydrogen) atoms. The molecule has 2 aromatic carbocycles. The summed E-state index contributed by atoms with van der Waals surface area (Å²) in [6.07, 6.45) is 2.53. The molecule has 1 fully saturated rings. The number of hydrogen-bond acceptors (Lipinski definition) is 6. The SMILES string of the molecule is C=CCOc1cccc(C2C(=C(O)c3ccc(OCCC)cc3)C(=O)C(=O)N2CCN(CC)CC)c1. The Hall–Kier alpha value is -3.58. The molecule has 7 nitrogen and oxygen atoms in total. The fourth-order valence-corrected chi connectivity index (χ4v) is 4.26. The van der Waals surface area contributed by atoms with Crippen LogP contribution in [-0.4, -0.2) is 66.0 Å². The van der Waals surface area contributed by atoms with Gasteiger partial charge in [-0.05, 0) is 61.5 Å². The molecule has 1 aliphatic rings. The summed E-state index contributed by atoms with van der Waals surface area (Å²) in [5.41, 5.74) is 1.21. The first-order chi connectivity index (χ1) is 17.4. The molecule has 192 valence electrons. The number of amides is 1. The predicted molar refractivity (Wildman–Crippen MR) is 141 cm³/mol. The fourth-order valence-electron chi connectivity index (χ4n) is 4.26. The number of likely N-dealkylation sites (N-methyl/N-ethyl adjacent to an activating group) is 1. The highest BCUT2D eigenvalue weighted by molar-refractivity contribution is 6.46. The highest BCUT2D eigenvalue weighted by atomic mass is 16.5. The lowest BCUT2D eigenvalue weighted by Crippen LogP contribution is -2.38. The average molecular weight is 493 g/mol. The Morgan fingerprint density at radius 2 is 1.78 bits per heavy atom. The van der Waals surface area contributed by atoms with Crippen LogP contribution in [0.4, 0.5) is 0 Å². The van der Waals surface area contributed by atoms with Gasteiger partial charge >= 0.3 is 0 Å². The van der Waals surface area contributed by atoms with E-state index in [1.807, 2.05) is 25.1 Å². The second-order valence-corrected chi connectivity index (χ2v) is 8.56. The van der Waals surface area contributed by atoms with Crippen LogP contribution in [0.1, 0.15) is 44.4 Å². The smallest absolute Gasteiger partial charge is 0.295 e. The number of carbonyl (C=O) groups is 2. The van der Waals surface area contributed by atoms with E-state index in [0.717, 1.165) is 19.5 Å². The van der Waals surface area contributed by atoms with Gasteiger partial charge in [0, 0.05) is 18.7 Å². The van der Waals surface area contributed by atoms with Gasteiger partial charge in [-0.1, -0.05) is 45.6 Å². The maximum absolute atomic E-state index is 13.3. The van der Waals surface area contributed by atoms with Gasteiger partial charge in [-0.25, -0.2) is 0 Å². The lowest BCUT2D eigenvalue weighted by molar-refractivity contribution is -0.140. The van der Waals surface area contributed by atoms with E-state index in [1.165, 1.54) is 0 Å². The molecule has 0 radical (unpaired) electrons. The number of aliphatic hydroxyl groups is 1. The summed E-state index contributed by atoms with van der Waals surface area (Å²) in [6.45, 7) is 13.4. The Labute approximate surface area is 213 Å². The van der Waals surface area contributed by atoms with E-state index in [4.69, 9.17) is 9.47 Å². The van der Waals surface area contributed by atoms with E-state index < -0.39 is 17.7 Å². The molecule has 0 saturated carbocycles. The molecule has 1 N–H and O–H groups in total. The molecule has 0 bridgehead atoms. The second kappa shape index (κ2) is 12.9. The molecule has 3 rings (SSSR count). The van der Waals surface area contributed by atoms with Gasteiger partial charge in [0.15, 0.2) is 0 Å². The number of ether oxygens (including phenoxy) is 2. The summed E-state index contributed by atoms with van der Waals surface area (Å²) >= 11 is 0. The summed E-state index contributed by atoms with van der Waals surface area (Å²) in [5, 5.41) is 11.3. The highest BCUT2D eigenvalue weighted by Gasteiger charge is 2.46. The molecule has 1 aliphatic heterocycles. The maximum Gasteiger partial charge on any atom is 0.295 e. The van der Waals surface area contributed by atoms with Crippen molar-refractivity contribution in [2.24, 2.45) is 0 Å². The van der Waals surface area contributed by atoms with Crippen molar-refractivity contribution in [1.82, 2.24) is 9.80 Å². The van der Waals surface area contributed by atoms with E-state index in [1.54, 1.807) is 41.3 Å². The van der Waals surface area contributed by atoms with E-state index in [2.05, 4.69) is 25.3 Å². The maximum atomic E-state index is 13.3. The summed E-state index contributed by atoms with van der Waals surface area (Å²) in [4.78, 5) is 30.2. The lowest BCUT2D eigenvalue weighted by Gasteiger charge is -2.28. The third-order valence-corrected chi connectivity index (χ3v) is 6.23. The number of Topliss-reactive ketones (excluding diaryl/α,β-unsaturated/α-hetero) is 1. The Kier molecular flexibility index (Phi) is 9.70. The molecule has 0 aliphatic carbocycles. The van der Waals surface area contributed by atoms with Crippen LogP contribution in [0.15, 0.2) is 66.8 Å². The minimum atomic E-state index is -0.733. The van der Waals surface area contributed by atoms with Gasteiger partial charge < -0.3 is 24.4 Å². The van der Waals surface area contributed by atoms with Crippen molar-refractivity contribution in [2.45, 2.75) is 33.2 Å². The first kappa shape index (κ1) is 27.0. The van der Waals surface area contributed by atoms with E-state index >= 15 is 0 Å². The van der Waals surface area contributed by atoms with Gasteiger partial charge in [-0.2, -0.15) is 0 Å². The van der Waals surface area contributed by atoms with Crippen LogP contribution >= 0.6 is 0 Å². The van der Waals surface area contributed by atoms with Crippen LogP contribution in [-0.2, 0) is 9.59 Å². The van der Waals surface area contributed by atoms with Crippen LogP contribution in [0.2, 0.25) is 0 Å². The third kappa shape index (κ3) is 6.15. The topological polar surface area (TPSA) is 79.3 Å². The number of hydrogen-bond donors (Lipinski definition) is 1. The van der Waals surface area contributed by atoms with E-state index in [-0.39, 0.29) is 11.3 Å². The van der Waals surface area contributed by atoms with Crippen molar-refractivity contribution < 1.29 is 24.2 Å². The minimum absolute atomic E-state index is 0.0719. The zero-order chi connectivity index (χ0) is 26.1. The largest absolute Gasteiger partial charge is 0.507 e. The van der Waals surface area contributed by atoms with Gasteiger partial charge in [0.05, 0.1) is 18.2 Å². The van der Waals surface area contributed by atoms with Crippen molar-refractivity contribution in [3.8, 4) is 11.5 Å². The molecule has 1 heterocycles. The van der Waals surface area contributed by atoms with Crippen LogP contribution in [0, 0.1) is 0 Å². The molecule has 0 aromatic heterocycles. The number of nitrogens with zero attached hydrogens (tertiary/aromatic N) is 2. The average Bonchev–Trinajstić information content (AvgIpc) is 3.16. The molecule has 1 amide bonds. The normalized spacial score (nSPS) is 17.0. The van der Waals surface area contributed by atoms with Crippen LogP contribution in [0.3, 0.4) is 0 Å². The number of rotatable bonds is 13. The highest BCUT2D eigenvalue weighted by Crippen LogP contribution is 2.40. The molecule has 1 atom stereocenters. The molecule has 1 saturated heterocycles. The number of ketones is 1. The van der Waals surface area contributed by atoms with Gasteiger partial charge in [-0.15, -0.1) is 0 Å². The summed E-state index contributed by atoms with van der Waals surface area (Å²) in [6, 6.07) is 13.4. The van der Waals surface area contributed by atoms with Crippen molar-refractivity contribution >= 4 is 17.4 Å². The van der Waals surface area contributed by atoms with Crippen LogP contribution in [0.25, 0.3) is 5.76 Å². The van der Waals surface area contributed by atoms with Crippen LogP contribution in [0.5, 0.6) is 11.5 Å². The Morgan fingerprint density at radius 3 is 2.42 bits per heavy atom. The first-order valence-corrected chi connectivity index (χ1v) is 12.5. The second-order valence-electron chi connectivity index (χ2n) is 8.56. The van der Waals surface area contributed by atoms with Crippen molar-refractivity contribution in [3.05, 3.63) is 77.9 Å². The monoisotopic (exact) mass is 492 g/mol. The van der Waals surface area contributed by atoms with Crippen molar-refractivity contribution in [2.75, 3.05) is 39.4 Å². The fraction of sp³-hybridized carbons (Fsp3) is 0.379. The Balaban J connectivity index is 2.05. The standard InChI is InChI=1S/C29H36N2O5/c1-5-18-35-23-14-12-21(13-15-23)27(32)25-26(22-10-9-11-24(20-22)36-19-6-2)31(29(34)28(25)33)17-16-30(7-3)8-4/h6,9-15,20,26,32H,2,5,7-8,16-19H2,1,3-4H3. The minimum Gasteiger partial charge on any atom is -0.507 e. The number of aliphatic hydroxyl groups excluding tert-OH is 1. The number of carbonyl (C=O) groups excluding carboxylic acids is 2. The third-order valence-electron chi connectivity index (χ3n) is 6.23. The molecular weight excluding hydrogens is 456 g/mol. The zero-order valence-corrected chi connectivity index (χ0v) is 21.4. The molecule has 1 unspecified atom stereocenters. The molecule has 2 aromatic rings. The summed E-state index contributed by atoms with van der Waals surface area (Å²) < 4.78 is 11.3. The molecule has 0 spiro atoms.